The van der Waals surface area contributed by atoms with Gasteiger partial charge in [0.25, 0.3) is 0 Å². The van der Waals surface area contributed by atoms with Crippen LogP contribution in [0.5, 0.6) is 0 Å². The molecule has 0 aliphatic heterocycles. The maximum Gasteiger partial charge on any atom is 0.0601 e. The van der Waals surface area contributed by atoms with Crippen molar-refractivity contribution in [3.05, 3.63) is 12.2 Å². The van der Waals surface area contributed by atoms with E-state index < -0.39 is 0 Å². The Hall–Kier alpha value is -0.340. The summed E-state index contributed by atoms with van der Waals surface area (Å²) in [6, 6.07) is 0.665. The predicted molar refractivity (Wildman–Crippen MR) is 51.3 cm³/mol. The van der Waals surface area contributed by atoms with E-state index in [1.54, 1.807) is 7.11 Å². The molecule has 0 amide bonds. The highest BCUT2D eigenvalue weighted by atomic mass is 16.5. The van der Waals surface area contributed by atoms with Gasteiger partial charge >= 0.3 is 0 Å². The highest BCUT2D eigenvalue weighted by Gasteiger charge is 2.27. The third-order valence-corrected chi connectivity index (χ3v) is 2.57. The Morgan fingerprint density at radius 1 is 1.58 bits per heavy atom. The van der Waals surface area contributed by atoms with E-state index in [-0.39, 0.29) is 0 Å². The van der Waals surface area contributed by atoms with Gasteiger partial charge in [-0.25, -0.2) is 0 Å². The first-order valence-electron chi connectivity index (χ1n) is 4.69. The van der Waals surface area contributed by atoms with Crippen LogP contribution < -0.4 is 5.32 Å². The van der Waals surface area contributed by atoms with Crippen LogP contribution in [0, 0.1) is 0 Å². The van der Waals surface area contributed by atoms with Crippen LogP contribution in [0.2, 0.25) is 0 Å². The van der Waals surface area contributed by atoms with Crippen LogP contribution in [0.15, 0.2) is 12.2 Å². The second kappa shape index (κ2) is 4.63. The number of rotatable bonds is 5. The molecular weight excluding hydrogens is 150 g/mol. The van der Waals surface area contributed by atoms with Crippen molar-refractivity contribution in [3.63, 3.8) is 0 Å². The zero-order chi connectivity index (χ0) is 8.97. The van der Waals surface area contributed by atoms with E-state index in [0.29, 0.717) is 12.1 Å². The van der Waals surface area contributed by atoms with Crippen molar-refractivity contribution in [2.75, 3.05) is 13.7 Å². The molecule has 70 valence electrons. The number of hydrogen-bond donors (Lipinski definition) is 1. The quantitative estimate of drug-likeness (QED) is 0.633. The van der Waals surface area contributed by atoms with Crippen LogP contribution in [0.1, 0.15) is 26.2 Å². The molecule has 0 radical (unpaired) electrons. The molecule has 1 N–H and O–H groups in total. The molecule has 0 aromatic heterocycles. The lowest BCUT2D eigenvalue weighted by atomic mass is 9.89. The molecule has 0 aromatic carbocycles. The van der Waals surface area contributed by atoms with Crippen LogP contribution in [-0.4, -0.2) is 25.8 Å². The van der Waals surface area contributed by atoms with Gasteiger partial charge < -0.3 is 10.1 Å². The van der Waals surface area contributed by atoms with Crippen molar-refractivity contribution in [3.8, 4) is 0 Å². The van der Waals surface area contributed by atoms with Gasteiger partial charge in [-0.2, -0.15) is 0 Å². The number of ether oxygens (including phenoxy) is 1. The first kappa shape index (κ1) is 9.75. The molecule has 1 fully saturated rings. The van der Waals surface area contributed by atoms with Crippen LogP contribution >= 0.6 is 0 Å². The van der Waals surface area contributed by atoms with Gasteiger partial charge in [0.1, 0.15) is 0 Å². The number of hydrogen-bond acceptors (Lipinski definition) is 2. The minimum atomic E-state index is 0.498. The molecule has 2 nitrogen and oxygen atoms in total. The van der Waals surface area contributed by atoms with Crippen LogP contribution in [0.25, 0.3) is 0 Å². The van der Waals surface area contributed by atoms with Gasteiger partial charge in [0.05, 0.1) is 6.10 Å². The first-order chi connectivity index (χ1) is 5.76. The maximum absolute atomic E-state index is 5.19. The van der Waals surface area contributed by atoms with E-state index in [9.17, 15) is 0 Å². The summed E-state index contributed by atoms with van der Waals surface area (Å²) in [5, 5.41) is 3.45. The average Bonchev–Trinajstić information content (AvgIpc) is 2.01. The standard InChI is InChI=1S/C10H19NO/c1-4-8(2)7-11-9-5-10(6-9)12-3/h9-11H,2,4-7H2,1,3H3. The highest BCUT2D eigenvalue weighted by molar-refractivity contribution is 4.97. The first-order valence-corrected chi connectivity index (χ1v) is 4.69. The fourth-order valence-corrected chi connectivity index (χ4v) is 1.34. The minimum Gasteiger partial charge on any atom is -0.381 e. The third kappa shape index (κ3) is 2.61. The predicted octanol–water partition coefficient (Wildman–Crippen LogP) is 1.72. The molecule has 0 bridgehead atoms. The molecule has 0 unspecified atom stereocenters. The van der Waals surface area contributed by atoms with E-state index >= 15 is 0 Å². The van der Waals surface area contributed by atoms with Gasteiger partial charge in [-0.15, -0.1) is 0 Å². The molecule has 0 aromatic rings. The Balaban J connectivity index is 2.00. The van der Waals surface area contributed by atoms with Gasteiger partial charge in [0.2, 0.25) is 0 Å². The second-order valence-electron chi connectivity index (χ2n) is 3.51. The van der Waals surface area contributed by atoms with E-state index in [1.165, 1.54) is 5.57 Å². The summed E-state index contributed by atoms with van der Waals surface area (Å²) in [6.45, 7) is 7.06. The van der Waals surface area contributed by atoms with Gasteiger partial charge in [-0.3, -0.25) is 0 Å². The van der Waals surface area contributed by atoms with Crippen molar-refractivity contribution in [2.24, 2.45) is 0 Å². The molecule has 1 rings (SSSR count). The van der Waals surface area contributed by atoms with Crippen LogP contribution in [-0.2, 0) is 4.74 Å². The van der Waals surface area contributed by atoms with Crippen LogP contribution in [0.3, 0.4) is 0 Å². The summed E-state index contributed by atoms with van der Waals surface area (Å²) in [5.41, 5.74) is 1.29. The average molecular weight is 169 g/mol. The molecule has 0 heterocycles. The van der Waals surface area contributed by atoms with Gasteiger partial charge in [-0.1, -0.05) is 19.1 Å². The zero-order valence-corrected chi connectivity index (χ0v) is 8.10. The summed E-state index contributed by atoms with van der Waals surface area (Å²) in [4.78, 5) is 0. The Morgan fingerprint density at radius 2 is 2.25 bits per heavy atom. The fraction of sp³-hybridized carbons (Fsp3) is 0.800. The van der Waals surface area contributed by atoms with Gasteiger partial charge in [0.15, 0.2) is 0 Å². The summed E-state index contributed by atoms with van der Waals surface area (Å²) in [5.74, 6) is 0. The third-order valence-electron chi connectivity index (χ3n) is 2.57. The van der Waals surface area contributed by atoms with E-state index in [2.05, 4.69) is 18.8 Å². The van der Waals surface area contributed by atoms with Crippen molar-refractivity contribution in [2.45, 2.75) is 38.3 Å². The van der Waals surface area contributed by atoms with E-state index in [4.69, 9.17) is 4.74 Å². The summed E-state index contributed by atoms with van der Waals surface area (Å²) in [6.07, 6.45) is 3.89. The molecule has 0 saturated heterocycles. The van der Waals surface area contributed by atoms with Crippen molar-refractivity contribution in [1.82, 2.24) is 5.32 Å². The van der Waals surface area contributed by atoms with E-state index in [0.717, 1.165) is 25.8 Å². The lowest BCUT2D eigenvalue weighted by molar-refractivity contribution is 0.0183. The largest absolute Gasteiger partial charge is 0.381 e. The summed E-state index contributed by atoms with van der Waals surface area (Å²) >= 11 is 0. The monoisotopic (exact) mass is 169 g/mol. The molecule has 12 heavy (non-hydrogen) atoms. The van der Waals surface area contributed by atoms with Crippen molar-refractivity contribution in [1.29, 1.82) is 0 Å². The molecule has 1 aliphatic carbocycles. The lowest BCUT2D eigenvalue weighted by Gasteiger charge is -2.34. The fourth-order valence-electron chi connectivity index (χ4n) is 1.34. The van der Waals surface area contributed by atoms with Crippen LogP contribution in [0.4, 0.5) is 0 Å². The van der Waals surface area contributed by atoms with Gasteiger partial charge in [0, 0.05) is 19.7 Å². The SMILES string of the molecule is C=C(CC)CNC1CC(OC)C1. The molecule has 2 heteroatoms. The van der Waals surface area contributed by atoms with Gasteiger partial charge in [-0.05, 0) is 19.3 Å². The van der Waals surface area contributed by atoms with E-state index in [1.807, 2.05) is 0 Å². The molecular formula is C10H19NO. The Bertz CT molecular complexity index is 150. The molecule has 0 spiro atoms. The normalized spacial score (nSPS) is 28.2. The Kier molecular flexibility index (Phi) is 3.76. The zero-order valence-electron chi connectivity index (χ0n) is 8.10. The smallest absolute Gasteiger partial charge is 0.0601 e. The second-order valence-corrected chi connectivity index (χ2v) is 3.51. The number of methoxy groups -OCH3 is 1. The topological polar surface area (TPSA) is 21.3 Å². The highest BCUT2D eigenvalue weighted by Crippen LogP contribution is 2.22. The van der Waals surface area contributed by atoms with Crippen molar-refractivity contribution < 1.29 is 4.74 Å². The Labute approximate surface area is 75.0 Å². The lowest BCUT2D eigenvalue weighted by Crippen LogP contribution is -2.45. The maximum atomic E-state index is 5.19. The summed E-state index contributed by atoms with van der Waals surface area (Å²) < 4.78 is 5.19. The molecule has 1 saturated carbocycles. The molecule has 1 aliphatic rings. The number of nitrogens with one attached hydrogen (secondary N) is 1. The Morgan fingerprint density at radius 3 is 2.75 bits per heavy atom. The summed E-state index contributed by atoms with van der Waals surface area (Å²) in [7, 11) is 1.78. The van der Waals surface area contributed by atoms with Crippen molar-refractivity contribution >= 4 is 0 Å². The minimum absolute atomic E-state index is 0.498. The molecule has 0 atom stereocenters.